The Bertz CT molecular complexity index is 1620. The summed E-state index contributed by atoms with van der Waals surface area (Å²) in [6.07, 6.45) is -10.5. The first kappa shape index (κ1) is 36.2. The maximum absolute atomic E-state index is 12.9. The Balaban J connectivity index is 0.000000421. The molecule has 4 heterocycles. The molecule has 1 aliphatic rings. The third-order valence-electron chi connectivity index (χ3n) is 5.02. The number of thiophene rings is 1. The van der Waals surface area contributed by atoms with Crippen molar-refractivity contribution >= 4 is 29.1 Å². The van der Waals surface area contributed by atoms with Crippen LogP contribution in [0, 0.1) is 11.8 Å². The van der Waals surface area contributed by atoms with Crippen molar-refractivity contribution in [1.29, 1.82) is 0 Å². The highest BCUT2D eigenvalue weighted by Gasteiger charge is 2.38. The van der Waals surface area contributed by atoms with Crippen LogP contribution in [0.15, 0.2) is 40.8 Å². The van der Waals surface area contributed by atoms with Crippen LogP contribution >= 0.6 is 11.3 Å². The van der Waals surface area contributed by atoms with E-state index in [0.29, 0.717) is 18.2 Å². The molecule has 21 heteroatoms. The monoisotopic (exact) mass is 672 g/mol. The van der Waals surface area contributed by atoms with E-state index in [1.54, 1.807) is 6.20 Å². The zero-order valence-corrected chi connectivity index (χ0v) is 23.0. The summed E-state index contributed by atoms with van der Waals surface area (Å²) < 4.78 is 96.2. The zero-order chi connectivity index (χ0) is 33.9. The molecule has 0 atom stereocenters. The highest BCUT2D eigenvalue weighted by Crippen LogP contribution is 2.25. The van der Waals surface area contributed by atoms with Gasteiger partial charge in [-0.15, -0.1) is 11.3 Å². The molecule has 3 aromatic heterocycles. The molecule has 0 fully saturated rings. The molecule has 12 nitrogen and oxygen atoms in total. The molecule has 4 rings (SSSR count). The number of nitrogens with one attached hydrogen (secondary N) is 2. The van der Waals surface area contributed by atoms with Crippen LogP contribution in [0.1, 0.15) is 21.1 Å². The van der Waals surface area contributed by atoms with Crippen molar-refractivity contribution in [3.05, 3.63) is 67.7 Å². The molecule has 0 radical (unpaired) electrons. The summed E-state index contributed by atoms with van der Waals surface area (Å²) in [6, 6.07) is 5.51. The van der Waals surface area contributed by atoms with Gasteiger partial charge in [0.1, 0.15) is 12.4 Å². The smallest absolute Gasteiger partial charge is 0.488 e. The number of aromatic nitrogens is 4. The lowest BCUT2D eigenvalue weighted by Crippen LogP contribution is -2.21. The van der Waals surface area contributed by atoms with Crippen molar-refractivity contribution < 1.29 is 59.7 Å². The summed E-state index contributed by atoms with van der Waals surface area (Å²) in [5.41, 5.74) is 5.36. The number of pyridine rings is 1. The van der Waals surface area contributed by atoms with E-state index >= 15 is 0 Å². The molecule has 6 N–H and O–H groups in total. The second kappa shape index (κ2) is 15.7. The summed E-state index contributed by atoms with van der Waals surface area (Å²) in [4.78, 5) is 35.8. The van der Waals surface area contributed by atoms with E-state index in [-0.39, 0.29) is 30.9 Å². The summed E-state index contributed by atoms with van der Waals surface area (Å²) in [7, 11) is 0. The van der Waals surface area contributed by atoms with Gasteiger partial charge in [-0.3, -0.25) is 4.57 Å². The molecule has 1 aliphatic heterocycles. The van der Waals surface area contributed by atoms with Crippen molar-refractivity contribution in [3.63, 3.8) is 0 Å². The summed E-state index contributed by atoms with van der Waals surface area (Å²) in [5, 5.41) is 23.6. The van der Waals surface area contributed by atoms with Crippen molar-refractivity contribution in [2.24, 2.45) is 5.73 Å². The number of carboxylic acids is 2. The normalized spacial score (nSPS) is 11.9. The van der Waals surface area contributed by atoms with Crippen molar-refractivity contribution in [1.82, 2.24) is 19.7 Å². The maximum Gasteiger partial charge on any atom is 0.490 e. The Morgan fingerprint density at radius 3 is 2.27 bits per heavy atom. The number of aliphatic carboxylic acids is 2. The fraction of sp³-hybridized carbons (Fsp3) is 0.292. The quantitative estimate of drug-likeness (QED) is 0.199. The van der Waals surface area contributed by atoms with Crippen LogP contribution in [-0.2, 0) is 22.6 Å². The Morgan fingerprint density at radius 2 is 1.71 bits per heavy atom. The molecular formula is C24H20F8N6O6S. The fourth-order valence-corrected chi connectivity index (χ4v) is 3.81. The second-order valence-corrected chi connectivity index (χ2v) is 9.41. The van der Waals surface area contributed by atoms with Crippen molar-refractivity contribution in [2.75, 3.05) is 25.0 Å². The Labute approximate surface area is 250 Å². The van der Waals surface area contributed by atoms with E-state index in [1.807, 2.05) is 18.2 Å². The number of carbonyl (C=O) groups is 2. The highest BCUT2D eigenvalue weighted by atomic mass is 32.1. The van der Waals surface area contributed by atoms with Crippen LogP contribution in [0.25, 0.3) is 0 Å². The minimum atomic E-state index is -5.08. The van der Waals surface area contributed by atoms with Crippen molar-refractivity contribution in [3.8, 4) is 17.6 Å². The summed E-state index contributed by atoms with van der Waals surface area (Å²) in [5.74, 6) is 2.19. The minimum Gasteiger partial charge on any atom is -0.488 e. The van der Waals surface area contributed by atoms with Crippen LogP contribution in [0.3, 0.4) is 0 Å². The summed E-state index contributed by atoms with van der Waals surface area (Å²) in [6.45, 7) is 1.19. The van der Waals surface area contributed by atoms with Gasteiger partial charge in [0.15, 0.2) is 11.6 Å². The predicted octanol–water partition coefficient (Wildman–Crippen LogP) is 3.20. The van der Waals surface area contributed by atoms with Gasteiger partial charge >= 0.3 is 30.0 Å². The van der Waals surface area contributed by atoms with E-state index in [0.717, 1.165) is 21.9 Å². The fourth-order valence-electron chi connectivity index (χ4n) is 2.96. The minimum absolute atomic E-state index is 0.197. The molecule has 45 heavy (non-hydrogen) atoms. The number of anilines is 1. The van der Waals surface area contributed by atoms with E-state index in [9.17, 15) is 39.9 Å². The summed E-state index contributed by atoms with van der Waals surface area (Å²) >= 11 is 1.40. The van der Waals surface area contributed by atoms with Crippen LogP contribution in [0.5, 0.6) is 5.75 Å². The molecular weight excluding hydrogens is 652 g/mol. The van der Waals surface area contributed by atoms with Gasteiger partial charge in [-0.1, -0.05) is 11.8 Å². The van der Waals surface area contributed by atoms with Gasteiger partial charge in [-0.05, 0) is 12.1 Å². The third kappa shape index (κ3) is 11.6. The molecule has 0 spiro atoms. The van der Waals surface area contributed by atoms with Gasteiger partial charge in [0.25, 0.3) is 6.08 Å². The number of fused-ring (bicyclic) bond motifs is 1. The standard InChI is InChI=1S/C20H18F2N6O2S.2C2HF3O2/c21-18(22)13(9-23)8-17-26-27-20(29)28(17)11-15-4-3-14(31-15)2-1-12-7-16-19(25-10-12)24-5-6-30-16;2*3-2(4,5)1(6)7/h3-4,7,10H,5-6,8-9,11,23H2,(H,24,25)(H,27,29);2*(H,6,7). The van der Waals surface area contributed by atoms with E-state index in [1.165, 1.54) is 15.9 Å². The molecule has 0 bridgehead atoms. The molecule has 0 saturated heterocycles. The average molecular weight is 673 g/mol. The first-order valence-electron chi connectivity index (χ1n) is 11.9. The lowest BCUT2D eigenvalue weighted by atomic mass is 10.2. The van der Waals surface area contributed by atoms with Gasteiger partial charge in [0.05, 0.1) is 18.0 Å². The number of nitrogens with two attached hydrogens (primary N) is 1. The second-order valence-electron chi connectivity index (χ2n) is 8.24. The number of hydrogen-bond acceptors (Lipinski definition) is 9. The first-order chi connectivity index (χ1) is 20.9. The van der Waals surface area contributed by atoms with Crippen LogP contribution in [-0.4, -0.2) is 73.9 Å². The van der Waals surface area contributed by atoms with Crippen LogP contribution in [0.4, 0.5) is 40.9 Å². The number of halogens is 8. The predicted molar refractivity (Wildman–Crippen MR) is 140 cm³/mol. The lowest BCUT2D eigenvalue weighted by Gasteiger charge is -2.17. The third-order valence-corrected chi connectivity index (χ3v) is 6.00. The number of rotatable bonds is 5. The van der Waals surface area contributed by atoms with E-state index in [4.69, 9.17) is 30.3 Å². The molecule has 3 aromatic rings. The highest BCUT2D eigenvalue weighted by molar-refractivity contribution is 7.12. The number of nitrogens with zero attached hydrogens (tertiary/aromatic N) is 3. The molecule has 0 aliphatic carbocycles. The largest absolute Gasteiger partial charge is 0.490 e. The SMILES string of the molecule is NCC(Cc1n[nH]c(=O)n1Cc1ccc(C#Cc2cnc3c(c2)OCCN3)s1)=C(F)F.O=C(O)C(F)(F)F.O=C(O)C(F)(F)F. The van der Waals surface area contributed by atoms with Crippen molar-refractivity contribution in [2.45, 2.75) is 25.3 Å². The lowest BCUT2D eigenvalue weighted by molar-refractivity contribution is -0.193. The number of hydrogen-bond donors (Lipinski definition) is 5. The van der Waals surface area contributed by atoms with Gasteiger partial charge in [0.2, 0.25) is 0 Å². The van der Waals surface area contributed by atoms with Gasteiger partial charge < -0.3 is 26.0 Å². The number of alkyl halides is 6. The maximum atomic E-state index is 12.9. The van der Waals surface area contributed by atoms with Gasteiger partial charge in [-0.2, -0.15) is 40.2 Å². The number of ether oxygens (including phenoxy) is 1. The molecule has 0 saturated carbocycles. The average Bonchev–Trinajstić information content (AvgIpc) is 3.56. The Morgan fingerprint density at radius 1 is 1.09 bits per heavy atom. The number of aromatic amines is 1. The first-order valence-corrected chi connectivity index (χ1v) is 12.7. The number of H-pyrrole nitrogens is 1. The number of carboxylic acid groups (broad SMARTS) is 2. The molecule has 0 amide bonds. The van der Waals surface area contributed by atoms with Gasteiger partial charge in [0, 0.05) is 41.2 Å². The van der Waals surface area contributed by atoms with Crippen LogP contribution in [0.2, 0.25) is 0 Å². The Hall–Kier alpha value is -4.97. The topological polar surface area (TPSA) is 185 Å². The Kier molecular flexibility index (Phi) is 12.6. The molecule has 0 aromatic carbocycles. The molecule has 0 unspecified atom stereocenters. The van der Waals surface area contributed by atoms with Gasteiger partial charge in [-0.25, -0.2) is 24.5 Å². The molecule has 244 valence electrons. The van der Waals surface area contributed by atoms with Crippen LogP contribution < -0.4 is 21.5 Å². The van der Waals surface area contributed by atoms with E-state index in [2.05, 4.69) is 32.3 Å². The van der Waals surface area contributed by atoms with E-state index < -0.39 is 36.1 Å². The zero-order valence-electron chi connectivity index (χ0n) is 22.2.